The molecule has 1 aliphatic heterocycles. The lowest BCUT2D eigenvalue weighted by Crippen LogP contribution is -2.56. The van der Waals surface area contributed by atoms with E-state index in [-0.39, 0.29) is 29.6 Å². The van der Waals surface area contributed by atoms with Crippen LogP contribution in [0.15, 0.2) is 9.32 Å². The van der Waals surface area contributed by atoms with Crippen molar-refractivity contribution in [2.45, 2.75) is 105 Å². The first-order valence-electron chi connectivity index (χ1n) is 16.1. The van der Waals surface area contributed by atoms with Crippen molar-refractivity contribution in [2.24, 2.45) is 23.2 Å². The summed E-state index contributed by atoms with van der Waals surface area (Å²) in [5, 5.41) is 7.59. The molecule has 12 nitrogen and oxygen atoms in total. The highest BCUT2D eigenvalue weighted by atomic mass is 16.5. The van der Waals surface area contributed by atoms with Crippen molar-refractivity contribution in [1.29, 1.82) is 0 Å². The number of nitrogens with zero attached hydrogens (tertiary/aromatic N) is 7. The van der Waals surface area contributed by atoms with Crippen LogP contribution in [0, 0.1) is 23.2 Å². The van der Waals surface area contributed by atoms with Crippen LogP contribution in [-0.4, -0.2) is 72.2 Å². The van der Waals surface area contributed by atoms with E-state index in [1.807, 2.05) is 25.7 Å². The maximum absolute atomic E-state index is 13.1. The molecule has 1 saturated heterocycles. The minimum Gasteiger partial charge on any atom is -0.365 e. The molecule has 43 heavy (non-hydrogen) atoms. The van der Waals surface area contributed by atoms with Crippen molar-refractivity contribution >= 4 is 28.8 Å². The Balaban J connectivity index is 1.43. The maximum atomic E-state index is 13.1. The number of fused-ring (bicyclic) bond motifs is 1. The zero-order valence-corrected chi connectivity index (χ0v) is 26.5. The van der Waals surface area contributed by atoms with Crippen molar-refractivity contribution < 1.29 is 9.32 Å². The van der Waals surface area contributed by atoms with Crippen LogP contribution in [0.1, 0.15) is 86.5 Å². The van der Waals surface area contributed by atoms with Crippen LogP contribution in [-0.2, 0) is 11.3 Å². The highest BCUT2D eigenvalue weighted by molar-refractivity contribution is 5.88. The molecule has 3 aromatic rings. The van der Waals surface area contributed by atoms with Crippen LogP contribution in [0.3, 0.4) is 0 Å². The second-order valence-electron chi connectivity index (χ2n) is 14.3. The number of amides is 1. The molecule has 0 aromatic carbocycles. The number of piperazine rings is 1. The topological polar surface area (TPSA) is 138 Å². The first-order valence-corrected chi connectivity index (χ1v) is 16.1. The van der Waals surface area contributed by atoms with E-state index in [0.717, 1.165) is 23.9 Å². The van der Waals surface area contributed by atoms with Gasteiger partial charge in [0.25, 0.3) is 0 Å². The van der Waals surface area contributed by atoms with Gasteiger partial charge in [-0.3, -0.25) is 14.3 Å². The smallest absolute Gasteiger partial charge is 0.365 e. The molecule has 0 unspecified atom stereocenters. The van der Waals surface area contributed by atoms with Gasteiger partial charge in [-0.1, -0.05) is 52.1 Å². The molecule has 2 aliphatic carbocycles. The summed E-state index contributed by atoms with van der Waals surface area (Å²) in [7, 11) is 0. The lowest BCUT2D eigenvalue weighted by Gasteiger charge is -2.42. The quantitative estimate of drug-likeness (QED) is 0.400. The summed E-state index contributed by atoms with van der Waals surface area (Å²) in [6.45, 7) is 15.5. The van der Waals surface area contributed by atoms with Crippen LogP contribution >= 0.6 is 0 Å². The Hall–Kier alpha value is -3.44. The summed E-state index contributed by atoms with van der Waals surface area (Å²) in [6, 6.07) is 0.302. The monoisotopic (exact) mass is 593 g/mol. The number of aromatic amines is 1. The summed E-state index contributed by atoms with van der Waals surface area (Å²) in [5.74, 6) is 3.45. The predicted octanol–water partition coefficient (Wildman–Crippen LogP) is 4.68. The Labute approximate surface area is 253 Å². The van der Waals surface area contributed by atoms with Crippen molar-refractivity contribution in [3.63, 3.8) is 0 Å². The van der Waals surface area contributed by atoms with E-state index in [1.54, 1.807) is 0 Å². The largest absolute Gasteiger partial charge is 0.439 e. The molecule has 12 heteroatoms. The van der Waals surface area contributed by atoms with Gasteiger partial charge in [0, 0.05) is 43.7 Å². The summed E-state index contributed by atoms with van der Waals surface area (Å²) in [6.07, 6.45) is 8.50. The number of rotatable bonds is 7. The van der Waals surface area contributed by atoms with Crippen LogP contribution in [0.2, 0.25) is 0 Å². The van der Waals surface area contributed by atoms with Crippen LogP contribution in [0.25, 0.3) is 22.8 Å². The van der Waals surface area contributed by atoms with Gasteiger partial charge in [-0.05, 0) is 57.3 Å². The molecule has 0 radical (unpaired) electrons. The van der Waals surface area contributed by atoms with Gasteiger partial charge in [0.1, 0.15) is 5.52 Å². The van der Waals surface area contributed by atoms with Gasteiger partial charge in [0.2, 0.25) is 23.5 Å². The molecule has 2 saturated carbocycles. The minimum absolute atomic E-state index is 0.0756. The van der Waals surface area contributed by atoms with Gasteiger partial charge in [-0.2, -0.15) is 4.98 Å². The van der Waals surface area contributed by atoms with Gasteiger partial charge >= 0.3 is 5.76 Å². The summed E-state index contributed by atoms with van der Waals surface area (Å²) in [5.41, 5.74) is 1.03. The first kappa shape index (κ1) is 29.6. The van der Waals surface area contributed by atoms with Gasteiger partial charge in [0.15, 0.2) is 11.5 Å². The Bertz CT molecular complexity index is 1510. The predicted molar refractivity (Wildman–Crippen MR) is 166 cm³/mol. The molecule has 1 amide bonds. The lowest BCUT2D eigenvalue weighted by atomic mass is 9.80. The number of nitrogens with one attached hydrogen (secondary N) is 2. The SMILES string of the molecule is CC1CCC(Cn2c(N3CCN(C(=O)C(C)(C)C)C[C@H]3C)nc3nc(-c4noc(=O)[nH]4)nc(N[C@H](C)C4CCC4)c32)CC1. The summed E-state index contributed by atoms with van der Waals surface area (Å²) in [4.78, 5) is 46.8. The van der Waals surface area contributed by atoms with E-state index in [2.05, 4.69) is 45.7 Å². The van der Waals surface area contributed by atoms with E-state index in [1.165, 1.54) is 44.9 Å². The van der Waals surface area contributed by atoms with E-state index in [4.69, 9.17) is 19.5 Å². The third-order valence-corrected chi connectivity index (χ3v) is 9.85. The maximum Gasteiger partial charge on any atom is 0.439 e. The molecule has 0 spiro atoms. The number of carbonyl (C=O) groups excluding carboxylic acids is 1. The molecule has 234 valence electrons. The second kappa shape index (κ2) is 11.6. The number of hydrogen-bond donors (Lipinski definition) is 2. The average molecular weight is 594 g/mol. The second-order valence-corrected chi connectivity index (χ2v) is 14.3. The molecule has 0 bridgehead atoms. The van der Waals surface area contributed by atoms with Crippen molar-refractivity contribution in [2.75, 3.05) is 29.9 Å². The number of carbonyl (C=O) groups is 1. The van der Waals surface area contributed by atoms with Gasteiger partial charge in [-0.25, -0.2) is 14.8 Å². The lowest BCUT2D eigenvalue weighted by molar-refractivity contribution is -0.140. The van der Waals surface area contributed by atoms with Crippen LogP contribution in [0.5, 0.6) is 0 Å². The Morgan fingerprint density at radius 1 is 1.07 bits per heavy atom. The van der Waals surface area contributed by atoms with E-state index >= 15 is 0 Å². The van der Waals surface area contributed by atoms with E-state index < -0.39 is 11.2 Å². The molecular formula is C31H47N9O3. The molecule has 6 rings (SSSR count). The Kier molecular flexibility index (Phi) is 7.97. The number of anilines is 2. The van der Waals surface area contributed by atoms with Crippen LogP contribution in [0.4, 0.5) is 11.8 Å². The summed E-state index contributed by atoms with van der Waals surface area (Å²) < 4.78 is 7.12. The Morgan fingerprint density at radius 3 is 2.42 bits per heavy atom. The van der Waals surface area contributed by atoms with E-state index in [0.29, 0.717) is 42.9 Å². The molecular weight excluding hydrogens is 546 g/mol. The molecule has 4 heterocycles. The zero-order valence-electron chi connectivity index (χ0n) is 26.5. The number of imidazole rings is 1. The number of hydrogen-bond acceptors (Lipinski definition) is 9. The van der Waals surface area contributed by atoms with Gasteiger partial charge in [0.05, 0.1) is 0 Å². The minimum atomic E-state index is -0.648. The fourth-order valence-electron chi connectivity index (χ4n) is 6.91. The first-order chi connectivity index (χ1) is 20.5. The van der Waals surface area contributed by atoms with Gasteiger partial charge < -0.3 is 19.7 Å². The molecule has 3 aromatic heterocycles. The zero-order chi connectivity index (χ0) is 30.5. The molecule has 2 N–H and O–H groups in total. The highest BCUT2D eigenvalue weighted by Gasteiger charge is 2.36. The van der Waals surface area contributed by atoms with Crippen LogP contribution < -0.4 is 16.0 Å². The van der Waals surface area contributed by atoms with Crippen molar-refractivity contribution in [3.05, 3.63) is 10.6 Å². The van der Waals surface area contributed by atoms with E-state index in [9.17, 15) is 9.59 Å². The third kappa shape index (κ3) is 6.02. The van der Waals surface area contributed by atoms with Crippen molar-refractivity contribution in [1.82, 2.24) is 34.6 Å². The fourth-order valence-corrected chi connectivity index (χ4v) is 6.91. The number of aromatic nitrogens is 6. The average Bonchev–Trinajstić information content (AvgIpc) is 3.51. The fraction of sp³-hybridized carbons (Fsp3) is 0.742. The normalized spacial score (nSPS) is 24.3. The molecule has 3 aliphatic rings. The third-order valence-electron chi connectivity index (χ3n) is 9.85. The van der Waals surface area contributed by atoms with Crippen molar-refractivity contribution in [3.8, 4) is 11.6 Å². The highest BCUT2D eigenvalue weighted by Crippen LogP contribution is 2.37. The van der Waals surface area contributed by atoms with Gasteiger partial charge in [-0.15, -0.1) is 0 Å². The Morgan fingerprint density at radius 2 is 1.81 bits per heavy atom. The number of H-pyrrole nitrogens is 1. The summed E-state index contributed by atoms with van der Waals surface area (Å²) >= 11 is 0. The molecule has 3 fully saturated rings. The molecule has 2 atom stereocenters. The standard InChI is InChI=1S/C31H47N9O3/c1-18-10-12-21(13-11-18)17-40-23-24(32-20(3)22-8-7-9-22)33-26(27-36-30(42)43-37-27)34-25(23)35-29(40)39-15-14-38(16-19(39)2)28(41)31(4,5)6/h18-22H,7-17H2,1-6H3,(H,32,33,34)(H,36,37,42)/t18?,19-,20-,21?/m1/s1.